The van der Waals surface area contributed by atoms with Crippen LogP contribution in [0.2, 0.25) is 12.6 Å². The Morgan fingerprint density at radius 3 is 1.26 bits per heavy atom. The van der Waals surface area contributed by atoms with E-state index in [1.165, 1.54) is 24.3 Å². The van der Waals surface area contributed by atoms with E-state index in [0.717, 1.165) is 68.4 Å². The topological polar surface area (TPSA) is 52.0 Å². The molecule has 0 unspecified atom stereocenters. The molecule has 0 saturated heterocycles. The van der Waals surface area contributed by atoms with Crippen LogP contribution < -0.4 is 11.5 Å². The molecule has 0 radical (unpaired) electrons. The standard InChI is InChI=1S/C32H32B2F2N2/c1-21-5-3-7-25(19-21)29(23-9-13-27(35)14-10-23)31(37)33-17-18-34-32(38)30(24-11-15-28(36)16-12-24)26-8-4-6-22(2)20-26/h3-16,19-20,33-34H,17-18,37-38H2,1-2H3. The van der Waals surface area contributed by atoms with E-state index < -0.39 is 0 Å². The Morgan fingerprint density at radius 1 is 0.553 bits per heavy atom. The van der Waals surface area contributed by atoms with Gasteiger partial charge in [-0.3, -0.25) is 0 Å². The number of benzene rings is 4. The van der Waals surface area contributed by atoms with Gasteiger partial charge in [0, 0.05) is 0 Å². The quantitative estimate of drug-likeness (QED) is 0.207. The van der Waals surface area contributed by atoms with Gasteiger partial charge in [0.05, 0.1) is 0 Å². The molecule has 0 aromatic heterocycles. The molecule has 0 saturated carbocycles. The molecule has 0 bridgehead atoms. The Balaban J connectivity index is 1.56. The molecule has 0 spiro atoms. The predicted octanol–water partition coefficient (Wildman–Crippen LogP) is 6.34. The highest BCUT2D eigenvalue weighted by Crippen LogP contribution is 2.28. The lowest BCUT2D eigenvalue weighted by Gasteiger charge is -2.15. The Kier molecular flexibility index (Phi) is 8.85. The van der Waals surface area contributed by atoms with Gasteiger partial charge in [0.15, 0.2) is 14.6 Å². The lowest BCUT2D eigenvalue weighted by atomic mass is 9.57. The largest absolute Gasteiger partial charge is 0.409 e. The molecule has 2 nitrogen and oxygen atoms in total. The van der Waals surface area contributed by atoms with Gasteiger partial charge in [-0.05, 0) is 82.7 Å². The van der Waals surface area contributed by atoms with E-state index in [4.69, 9.17) is 11.5 Å². The first-order valence-electron chi connectivity index (χ1n) is 12.9. The summed E-state index contributed by atoms with van der Waals surface area (Å²) in [6, 6.07) is 29.3. The average Bonchev–Trinajstić information content (AvgIpc) is 2.89. The highest BCUT2D eigenvalue weighted by Gasteiger charge is 2.14. The molecule has 4 N–H and O–H groups in total. The van der Waals surface area contributed by atoms with E-state index in [-0.39, 0.29) is 11.6 Å². The summed E-state index contributed by atoms with van der Waals surface area (Å²) in [6.45, 7) is 4.09. The fourth-order valence-electron chi connectivity index (χ4n) is 4.79. The maximum absolute atomic E-state index is 13.6. The van der Waals surface area contributed by atoms with Crippen LogP contribution in [0, 0.1) is 25.5 Å². The van der Waals surface area contributed by atoms with Gasteiger partial charge in [-0.15, -0.1) is 0 Å². The Hall–Kier alpha value is -4.05. The molecule has 38 heavy (non-hydrogen) atoms. The molecular weight excluding hydrogens is 472 g/mol. The van der Waals surface area contributed by atoms with Crippen LogP contribution >= 0.6 is 0 Å². The molecule has 6 heteroatoms. The van der Waals surface area contributed by atoms with Crippen LogP contribution in [0.1, 0.15) is 33.4 Å². The zero-order valence-electron chi connectivity index (χ0n) is 22.0. The van der Waals surface area contributed by atoms with Crippen molar-refractivity contribution in [3.05, 3.63) is 153 Å². The fraction of sp³-hybridized carbons (Fsp3) is 0.125. The van der Waals surface area contributed by atoms with Crippen molar-refractivity contribution in [1.82, 2.24) is 0 Å². The zero-order chi connectivity index (χ0) is 27.1. The molecule has 0 fully saturated rings. The summed E-state index contributed by atoms with van der Waals surface area (Å²) in [7, 11) is 1.37. The molecular formula is C32H32B2F2N2. The van der Waals surface area contributed by atoms with Gasteiger partial charge in [0.25, 0.3) is 0 Å². The van der Waals surface area contributed by atoms with Crippen molar-refractivity contribution in [2.45, 2.75) is 26.5 Å². The van der Waals surface area contributed by atoms with Crippen LogP contribution in [0.15, 0.2) is 108 Å². The molecule has 0 aliphatic heterocycles. The molecule has 4 aromatic rings. The summed E-state index contributed by atoms with van der Waals surface area (Å²) >= 11 is 0. The Morgan fingerprint density at radius 2 is 0.921 bits per heavy atom. The molecule has 0 aliphatic carbocycles. The summed E-state index contributed by atoms with van der Waals surface area (Å²) in [5.41, 5.74) is 22.8. The first kappa shape index (κ1) is 27.0. The molecule has 0 heterocycles. The second kappa shape index (κ2) is 12.5. The number of hydrogen-bond donors (Lipinski definition) is 2. The number of halogens is 2. The predicted molar refractivity (Wildman–Crippen MR) is 159 cm³/mol. The van der Waals surface area contributed by atoms with E-state index >= 15 is 0 Å². The highest BCUT2D eigenvalue weighted by atomic mass is 19.1. The van der Waals surface area contributed by atoms with E-state index in [1.54, 1.807) is 24.3 Å². The number of nitrogens with two attached hydrogens (primary N) is 2. The van der Waals surface area contributed by atoms with Crippen LogP contribution in [0.25, 0.3) is 11.1 Å². The maximum atomic E-state index is 13.6. The molecule has 190 valence electrons. The highest BCUT2D eigenvalue weighted by molar-refractivity contribution is 6.53. The van der Waals surface area contributed by atoms with Crippen molar-refractivity contribution in [2.75, 3.05) is 0 Å². The van der Waals surface area contributed by atoms with Gasteiger partial charge in [-0.2, -0.15) is 0 Å². The normalized spacial score (nSPS) is 12.4. The monoisotopic (exact) mass is 504 g/mol. The van der Waals surface area contributed by atoms with Crippen molar-refractivity contribution in [3.8, 4) is 0 Å². The molecule has 4 aromatic carbocycles. The summed E-state index contributed by atoms with van der Waals surface area (Å²) < 4.78 is 27.2. The Bertz CT molecular complexity index is 1350. The van der Waals surface area contributed by atoms with Crippen LogP contribution in [0.3, 0.4) is 0 Å². The number of rotatable bonds is 9. The van der Waals surface area contributed by atoms with Gasteiger partial charge >= 0.3 is 0 Å². The summed E-state index contributed by atoms with van der Waals surface area (Å²) in [6.07, 6.45) is 1.68. The van der Waals surface area contributed by atoms with E-state index in [1.807, 2.05) is 50.2 Å². The van der Waals surface area contributed by atoms with Gasteiger partial charge < -0.3 is 11.5 Å². The van der Waals surface area contributed by atoms with Gasteiger partial charge in [0.2, 0.25) is 0 Å². The SMILES string of the molecule is Cc1cccc(C(=C(N)BCCBC(N)=C(c2ccc(F)cc2)c2cccc(C)c2)c2ccc(F)cc2)c1. The summed E-state index contributed by atoms with van der Waals surface area (Å²) in [5.74, 6) is -0.549. The number of hydrogen-bond acceptors (Lipinski definition) is 2. The van der Waals surface area contributed by atoms with E-state index in [2.05, 4.69) is 12.1 Å². The third kappa shape index (κ3) is 6.83. The third-order valence-electron chi connectivity index (χ3n) is 6.66. The molecule has 0 amide bonds. The lowest BCUT2D eigenvalue weighted by molar-refractivity contribution is 0.627. The minimum absolute atomic E-state index is 0.274. The van der Waals surface area contributed by atoms with Crippen LogP contribution in [-0.4, -0.2) is 14.6 Å². The molecule has 0 aliphatic rings. The van der Waals surface area contributed by atoms with Crippen LogP contribution in [0.5, 0.6) is 0 Å². The molecule has 0 atom stereocenters. The average molecular weight is 504 g/mol. The second-order valence-corrected chi connectivity index (χ2v) is 9.76. The van der Waals surface area contributed by atoms with Crippen LogP contribution in [0.4, 0.5) is 8.78 Å². The maximum Gasteiger partial charge on any atom is 0.178 e. The van der Waals surface area contributed by atoms with Gasteiger partial charge in [-0.1, -0.05) is 96.6 Å². The van der Waals surface area contributed by atoms with E-state index in [9.17, 15) is 8.78 Å². The third-order valence-corrected chi connectivity index (χ3v) is 6.66. The van der Waals surface area contributed by atoms with Crippen molar-refractivity contribution in [3.63, 3.8) is 0 Å². The molecule has 4 rings (SSSR count). The van der Waals surface area contributed by atoms with Crippen molar-refractivity contribution >= 4 is 25.7 Å². The van der Waals surface area contributed by atoms with Gasteiger partial charge in [-0.25, -0.2) is 8.78 Å². The van der Waals surface area contributed by atoms with E-state index in [0.29, 0.717) is 14.6 Å². The minimum Gasteiger partial charge on any atom is -0.409 e. The fourth-order valence-corrected chi connectivity index (χ4v) is 4.79. The minimum atomic E-state index is -0.274. The zero-order valence-corrected chi connectivity index (χ0v) is 22.0. The first-order valence-corrected chi connectivity index (χ1v) is 12.9. The van der Waals surface area contributed by atoms with Crippen LogP contribution in [-0.2, 0) is 0 Å². The number of aryl methyl sites for hydroxylation is 2. The van der Waals surface area contributed by atoms with Crippen molar-refractivity contribution in [1.29, 1.82) is 0 Å². The van der Waals surface area contributed by atoms with Crippen molar-refractivity contribution in [2.24, 2.45) is 11.5 Å². The second-order valence-electron chi connectivity index (χ2n) is 9.76. The summed E-state index contributed by atoms with van der Waals surface area (Å²) in [4.78, 5) is 0. The first-order chi connectivity index (χ1) is 18.3. The smallest absolute Gasteiger partial charge is 0.178 e. The lowest BCUT2D eigenvalue weighted by Crippen LogP contribution is -2.14. The van der Waals surface area contributed by atoms with Gasteiger partial charge in [0.1, 0.15) is 11.6 Å². The summed E-state index contributed by atoms with van der Waals surface area (Å²) in [5, 5.41) is 0. The van der Waals surface area contributed by atoms with Crippen molar-refractivity contribution < 1.29 is 8.78 Å². The Labute approximate surface area is 225 Å².